The normalized spacial score (nSPS) is 12.5. The van der Waals surface area contributed by atoms with Crippen LogP contribution in [-0.4, -0.2) is 50.7 Å². The van der Waals surface area contributed by atoms with Gasteiger partial charge in [0.1, 0.15) is 5.75 Å². The summed E-state index contributed by atoms with van der Waals surface area (Å²) in [5.41, 5.74) is 2.33. The van der Waals surface area contributed by atoms with E-state index in [1.54, 1.807) is 7.11 Å². The van der Waals surface area contributed by atoms with Gasteiger partial charge in [0.05, 0.1) is 7.11 Å². The van der Waals surface area contributed by atoms with E-state index in [0.717, 1.165) is 49.9 Å². The predicted octanol–water partition coefficient (Wildman–Crippen LogP) is 3.80. The molecule has 0 aliphatic carbocycles. The number of hydrogen-bond donors (Lipinski definition) is 2. The average molecular weight is 476 g/mol. The van der Waals surface area contributed by atoms with Crippen molar-refractivity contribution in [1.29, 1.82) is 0 Å². The molecule has 1 unspecified atom stereocenters. The third-order valence-electron chi connectivity index (χ3n) is 4.55. The van der Waals surface area contributed by atoms with Gasteiger partial charge in [-0.3, -0.25) is 4.99 Å². The molecule has 26 heavy (non-hydrogen) atoms. The summed E-state index contributed by atoms with van der Waals surface area (Å²) in [7, 11) is 3.52. The lowest BCUT2D eigenvalue weighted by Gasteiger charge is -2.21. The van der Waals surface area contributed by atoms with E-state index in [1.165, 1.54) is 12.0 Å². The van der Waals surface area contributed by atoms with Crippen LogP contribution in [0.2, 0.25) is 0 Å². The van der Waals surface area contributed by atoms with Crippen molar-refractivity contribution in [3.05, 3.63) is 29.3 Å². The largest absolute Gasteiger partial charge is 0.496 e. The molecule has 0 spiro atoms. The number of methoxy groups -OCH3 is 1. The number of guanidine groups is 1. The van der Waals surface area contributed by atoms with E-state index < -0.39 is 0 Å². The fourth-order valence-corrected chi connectivity index (χ4v) is 2.82. The van der Waals surface area contributed by atoms with Crippen molar-refractivity contribution in [3.63, 3.8) is 0 Å². The summed E-state index contributed by atoms with van der Waals surface area (Å²) in [5, 5.41) is 6.86. The Morgan fingerprint density at radius 3 is 2.54 bits per heavy atom. The Kier molecular flexibility index (Phi) is 13.5. The zero-order valence-corrected chi connectivity index (χ0v) is 19.6. The molecule has 0 heterocycles. The molecule has 5 nitrogen and oxygen atoms in total. The predicted molar refractivity (Wildman–Crippen MR) is 123 cm³/mol. The maximum atomic E-state index is 5.39. The van der Waals surface area contributed by atoms with Crippen molar-refractivity contribution in [2.45, 2.75) is 53.1 Å². The van der Waals surface area contributed by atoms with Crippen molar-refractivity contribution in [1.82, 2.24) is 15.5 Å². The smallest absolute Gasteiger partial charge is 0.191 e. The summed E-state index contributed by atoms with van der Waals surface area (Å²) in [5.74, 6) is 1.77. The summed E-state index contributed by atoms with van der Waals surface area (Å²) < 4.78 is 5.39. The van der Waals surface area contributed by atoms with Crippen LogP contribution in [0.4, 0.5) is 0 Å². The number of nitrogens with one attached hydrogen (secondary N) is 2. The van der Waals surface area contributed by atoms with Crippen LogP contribution in [0, 0.1) is 6.92 Å². The molecule has 6 heteroatoms. The van der Waals surface area contributed by atoms with Gasteiger partial charge in [-0.1, -0.05) is 26.0 Å². The minimum atomic E-state index is 0. The molecule has 1 aromatic rings. The lowest BCUT2D eigenvalue weighted by molar-refractivity contribution is 0.292. The Labute approximate surface area is 177 Å². The van der Waals surface area contributed by atoms with Gasteiger partial charge in [0.25, 0.3) is 0 Å². The molecule has 0 aromatic heterocycles. The summed E-state index contributed by atoms with van der Waals surface area (Å²) >= 11 is 0. The molecule has 1 aromatic carbocycles. The first-order valence-electron chi connectivity index (χ1n) is 9.37. The van der Waals surface area contributed by atoms with Gasteiger partial charge in [-0.2, -0.15) is 0 Å². The van der Waals surface area contributed by atoms with Gasteiger partial charge in [0.15, 0.2) is 5.96 Å². The minimum absolute atomic E-state index is 0. The van der Waals surface area contributed by atoms with Gasteiger partial charge in [-0.05, 0) is 63.5 Å². The van der Waals surface area contributed by atoms with Crippen molar-refractivity contribution < 1.29 is 4.74 Å². The quantitative estimate of drug-likeness (QED) is 0.307. The second-order valence-corrected chi connectivity index (χ2v) is 6.44. The molecule has 150 valence electrons. The molecule has 0 aliphatic heterocycles. The lowest BCUT2D eigenvalue weighted by Crippen LogP contribution is -2.42. The number of hydrogen-bond acceptors (Lipinski definition) is 3. The fourth-order valence-electron chi connectivity index (χ4n) is 2.82. The number of rotatable bonds is 10. The lowest BCUT2D eigenvalue weighted by atomic mass is 10.1. The Balaban J connectivity index is 0.00000625. The Hall–Kier alpha value is -1.02. The van der Waals surface area contributed by atoms with Gasteiger partial charge in [-0.25, -0.2) is 0 Å². The molecule has 0 saturated carbocycles. The van der Waals surface area contributed by atoms with E-state index in [2.05, 4.69) is 66.4 Å². The van der Waals surface area contributed by atoms with E-state index >= 15 is 0 Å². The van der Waals surface area contributed by atoms with Gasteiger partial charge < -0.3 is 20.3 Å². The van der Waals surface area contributed by atoms with Gasteiger partial charge >= 0.3 is 0 Å². The van der Waals surface area contributed by atoms with Crippen LogP contribution in [0.3, 0.4) is 0 Å². The van der Waals surface area contributed by atoms with Crippen molar-refractivity contribution in [3.8, 4) is 5.75 Å². The average Bonchev–Trinajstić information content (AvgIpc) is 2.63. The number of aryl methyl sites for hydroxylation is 1. The maximum absolute atomic E-state index is 5.39. The van der Waals surface area contributed by atoms with E-state index in [9.17, 15) is 0 Å². The molecule has 0 bridgehead atoms. The molecular weight excluding hydrogens is 439 g/mol. The van der Waals surface area contributed by atoms with Crippen LogP contribution in [0.25, 0.3) is 0 Å². The highest BCUT2D eigenvalue weighted by Crippen LogP contribution is 2.18. The topological polar surface area (TPSA) is 48.9 Å². The standard InChI is InChI=1S/C20H36N4O.HI/c1-7-24(8-2)13-9-10-17(4)23-20(21-5)22-15-18-12-11-16(3)19(14-18)25-6;/h11-12,14,17H,7-10,13,15H2,1-6H3,(H2,21,22,23);1H. The van der Waals surface area contributed by atoms with E-state index in [4.69, 9.17) is 4.74 Å². The molecular formula is C20H37IN4O. The number of halogens is 1. The van der Waals surface area contributed by atoms with Crippen LogP contribution in [0.5, 0.6) is 5.75 Å². The van der Waals surface area contributed by atoms with Crippen LogP contribution in [0.1, 0.15) is 44.7 Å². The number of nitrogens with zero attached hydrogens (tertiary/aromatic N) is 2. The second-order valence-electron chi connectivity index (χ2n) is 6.44. The zero-order valence-electron chi connectivity index (χ0n) is 17.3. The fraction of sp³-hybridized carbons (Fsp3) is 0.650. The van der Waals surface area contributed by atoms with Crippen LogP contribution < -0.4 is 15.4 Å². The summed E-state index contributed by atoms with van der Waals surface area (Å²) in [6, 6.07) is 6.67. The SMILES string of the molecule is CCN(CC)CCCC(C)NC(=NC)NCc1ccc(C)c(OC)c1.I. The highest BCUT2D eigenvalue weighted by atomic mass is 127. The van der Waals surface area contributed by atoms with Crippen molar-refractivity contribution in [2.24, 2.45) is 4.99 Å². The molecule has 0 saturated heterocycles. The third-order valence-corrected chi connectivity index (χ3v) is 4.55. The van der Waals surface area contributed by atoms with Crippen molar-refractivity contribution >= 4 is 29.9 Å². The number of ether oxygens (including phenoxy) is 1. The van der Waals surface area contributed by atoms with E-state index in [1.807, 2.05) is 7.05 Å². The summed E-state index contributed by atoms with van der Waals surface area (Å²) in [6.45, 7) is 12.8. The highest BCUT2D eigenvalue weighted by Gasteiger charge is 2.07. The van der Waals surface area contributed by atoms with Crippen molar-refractivity contribution in [2.75, 3.05) is 33.8 Å². The van der Waals surface area contributed by atoms with Crippen LogP contribution >= 0.6 is 24.0 Å². The first kappa shape index (κ1) is 25.0. The first-order chi connectivity index (χ1) is 12.0. The molecule has 0 aliphatic rings. The zero-order chi connectivity index (χ0) is 18.7. The monoisotopic (exact) mass is 476 g/mol. The Morgan fingerprint density at radius 2 is 1.96 bits per heavy atom. The maximum Gasteiger partial charge on any atom is 0.191 e. The van der Waals surface area contributed by atoms with Crippen LogP contribution in [-0.2, 0) is 6.54 Å². The molecule has 0 amide bonds. The summed E-state index contributed by atoms with van der Waals surface area (Å²) in [4.78, 5) is 6.79. The Morgan fingerprint density at radius 1 is 1.27 bits per heavy atom. The van der Waals surface area contributed by atoms with Gasteiger partial charge in [-0.15, -0.1) is 24.0 Å². The summed E-state index contributed by atoms with van der Waals surface area (Å²) in [6.07, 6.45) is 2.33. The molecule has 0 fully saturated rings. The first-order valence-corrected chi connectivity index (χ1v) is 9.37. The minimum Gasteiger partial charge on any atom is -0.496 e. The molecule has 1 rings (SSSR count). The molecule has 1 atom stereocenters. The Bertz CT molecular complexity index is 533. The van der Waals surface area contributed by atoms with E-state index in [-0.39, 0.29) is 24.0 Å². The van der Waals surface area contributed by atoms with Gasteiger partial charge in [0, 0.05) is 19.6 Å². The number of aliphatic imine (C=N–C) groups is 1. The second kappa shape index (κ2) is 14.1. The number of benzene rings is 1. The molecule has 2 N–H and O–H groups in total. The van der Waals surface area contributed by atoms with E-state index in [0.29, 0.717) is 6.04 Å². The van der Waals surface area contributed by atoms with Gasteiger partial charge in [0.2, 0.25) is 0 Å². The highest BCUT2D eigenvalue weighted by molar-refractivity contribution is 14.0. The van der Waals surface area contributed by atoms with Crippen LogP contribution in [0.15, 0.2) is 23.2 Å². The molecule has 0 radical (unpaired) electrons. The third kappa shape index (κ3) is 9.07.